The van der Waals surface area contributed by atoms with Gasteiger partial charge in [0.05, 0.1) is 63.3 Å². The van der Waals surface area contributed by atoms with Gasteiger partial charge in [0, 0.05) is 49.4 Å². The molecule has 454 valence electrons. The average molecular weight is 1250 g/mol. The number of hydrogen-bond donors (Lipinski definition) is 0. The maximum absolute atomic E-state index is 10.4. The molecule has 0 aliphatic carbocycles. The van der Waals surface area contributed by atoms with Crippen LogP contribution in [0.1, 0.15) is 11.1 Å². The molecule has 0 saturated carbocycles. The van der Waals surface area contributed by atoms with Gasteiger partial charge in [-0.1, -0.05) is 237 Å². The minimum absolute atomic E-state index is 0.430. The predicted molar refractivity (Wildman–Crippen MR) is 399 cm³/mol. The third kappa shape index (κ3) is 10.5. The van der Waals surface area contributed by atoms with Gasteiger partial charge < -0.3 is 9.13 Å². The Hall–Kier alpha value is -13.8. The summed E-state index contributed by atoms with van der Waals surface area (Å²) in [6.45, 7) is 8.15. The molecule has 8 heteroatoms. The molecule has 0 aliphatic heterocycles. The molecule has 3 aromatic heterocycles. The number of nitriles is 2. The van der Waals surface area contributed by atoms with Crippen molar-refractivity contribution in [1.29, 1.82) is 10.5 Å². The lowest BCUT2D eigenvalue weighted by atomic mass is 9.98. The Kier molecular flexibility index (Phi) is 14.5. The standard InChI is InChI=1S/C90H54N8/c1-93-74-33-18-31-69(49-74)77-42-36-72(55-87(77)98-84-45-39-65(61-24-10-4-11-25-61)52-80(84)81-53-66(40-46-85(81)98)62-26-12-5-13-27-62)90-95-88(70-32-17-30-68(48-70)75-34-15-14-28-73(75)57-92)94-89(96-90)71-35-41-76(67-29-16-19-58(47-67)56-91)86(54-71)97-82-43-37-63(59-20-6-2-7-21-59)50-78(82)79-51-64(38-44-83(79)97)60-22-8-3-9-23-60/h2-55H. The molecule has 0 radical (unpaired) electrons. The third-order valence-electron chi connectivity index (χ3n) is 18.7. The van der Waals surface area contributed by atoms with Crippen LogP contribution in [0, 0.1) is 29.2 Å². The van der Waals surface area contributed by atoms with Gasteiger partial charge in [0.1, 0.15) is 0 Å². The first-order chi connectivity index (χ1) is 48.4. The van der Waals surface area contributed by atoms with Crippen LogP contribution in [-0.4, -0.2) is 24.1 Å². The van der Waals surface area contributed by atoms with Crippen LogP contribution in [0.15, 0.2) is 328 Å². The minimum Gasteiger partial charge on any atom is -0.309 e. The summed E-state index contributed by atoms with van der Waals surface area (Å²) in [4.78, 5) is 20.4. The number of fused-ring (bicyclic) bond motifs is 6. The summed E-state index contributed by atoms with van der Waals surface area (Å²) in [5.74, 6) is 1.29. The topological polar surface area (TPSA) is 100 Å². The molecule has 98 heavy (non-hydrogen) atoms. The number of benzene rings is 14. The van der Waals surface area contributed by atoms with E-state index in [1.54, 1.807) is 0 Å². The predicted octanol–water partition coefficient (Wildman–Crippen LogP) is 23.0. The summed E-state index contributed by atoms with van der Waals surface area (Å²) >= 11 is 0. The fourth-order valence-electron chi connectivity index (χ4n) is 13.9. The maximum Gasteiger partial charge on any atom is 0.187 e. The van der Waals surface area contributed by atoms with Crippen molar-refractivity contribution in [1.82, 2.24) is 24.1 Å². The molecule has 0 fully saturated rings. The van der Waals surface area contributed by atoms with Crippen LogP contribution in [0.3, 0.4) is 0 Å². The van der Waals surface area contributed by atoms with Gasteiger partial charge in [0.2, 0.25) is 0 Å². The minimum atomic E-state index is 0.430. The van der Waals surface area contributed by atoms with Crippen molar-refractivity contribution in [3.8, 4) is 136 Å². The second-order valence-corrected chi connectivity index (χ2v) is 24.4. The van der Waals surface area contributed by atoms with Gasteiger partial charge in [0.25, 0.3) is 0 Å². The zero-order valence-electron chi connectivity index (χ0n) is 52.8. The van der Waals surface area contributed by atoms with E-state index in [-0.39, 0.29) is 0 Å². The van der Waals surface area contributed by atoms with E-state index in [0.29, 0.717) is 34.3 Å². The first-order valence-corrected chi connectivity index (χ1v) is 32.4. The van der Waals surface area contributed by atoms with Crippen molar-refractivity contribution in [2.24, 2.45) is 0 Å². The first-order valence-electron chi connectivity index (χ1n) is 32.4. The van der Waals surface area contributed by atoms with Gasteiger partial charge in [-0.15, -0.1) is 0 Å². The van der Waals surface area contributed by atoms with Gasteiger partial charge >= 0.3 is 0 Å². The van der Waals surface area contributed by atoms with Crippen molar-refractivity contribution in [3.63, 3.8) is 0 Å². The molecule has 3 heterocycles. The molecule has 8 nitrogen and oxygen atoms in total. The lowest BCUT2D eigenvalue weighted by molar-refractivity contribution is 1.07. The highest BCUT2D eigenvalue weighted by Crippen LogP contribution is 2.45. The molecule has 0 saturated heterocycles. The third-order valence-corrected chi connectivity index (χ3v) is 18.7. The molecule has 0 N–H and O–H groups in total. The van der Waals surface area contributed by atoms with Crippen molar-refractivity contribution in [2.45, 2.75) is 0 Å². The number of rotatable bonds is 12. The Labute approximate surface area is 566 Å². The van der Waals surface area contributed by atoms with Crippen LogP contribution in [0.4, 0.5) is 5.69 Å². The van der Waals surface area contributed by atoms with Crippen LogP contribution >= 0.6 is 0 Å². The first kappa shape index (κ1) is 58.0. The van der Waals surface area contributed by atoms with E-state index in [9.17, 15) is 10.5 Å². The summed E-state index contributed by atoms with van der Waals surface area (Å²) in [5, 5.41) is 25.1. The molecular weight excluding hydrogens is 1190 g/mol. The van der Waals surface area contributed by atoms with Crippen molar-refractivity contribution >= 4 is 49.3 Å². The monoisotopic (exact) mass is 1250 g/mol. The van der Waals surface area contributed by atoms with Crippen LogP contribution in [0.5, 0.6) is 0 Å². The highest BCUT2D eigenvalue weighted by Gasteiger charge is 2.24. The zero-order valence-corrected chi connectivity index (χ0v) is 52.8. The van der Waals surface area contributed by atoms with Crippen LogP contribution in [0.25, 0.3) is 172 Å². The SMILES string of the molecule is [C-]#[N+]c1cccc(-c2ccc(-c3nc(-c4cccc(-c5ccccc5C#N)c4)nc(-c4ccc(-c5cccc(C#N)c5)c(-n5c6ccc(-c7ccccc7)cc6c6cc(-c7ccccc7)ccc65)c4)n3)cc2-n2c3ccc(-c4ccccc4)cc3c3cc(-c4ccccc4)ccc32)c1. The second-order valence-electron chi connectivity index (χ2n) is 24.4. The number of aromatic nitrogens is 5. The molecule has 17 rings (SSSR count). The van der Waals surface area contributed by atoms with Crippen LogP contribution in [-0.2, 0) is 0 Å². The van der Waals surface area contributed by atoms with Gasteiger partial charge in [-0.05, 0) is 158 Å². The van der Waals surface area contributed by atoms with Gasteiger partial charge in [-0.3, -0.25) is 0 Å². The summed E-state index contributed by atoms with van der Waals surface area (Å²) in [6.07, 6.45) is 0. The van der Waals surface area contributed by atoms with Crippen molar-refractivity contribution < 1.29 is 0 Å². The largest absolute Gasteiger partial charge is 0.309 e. The Morgan fingerprint density at radius 1 is 0.265 bits per heavy atom. The lowest BCUT2D eigenvalue weighted by Gasteiger charge is -2.18. The summed E-state index contributed by atoms with van der Waals surface area (Å²) in [5.41, 5.74) is 23.7. The maximum atomic E-state index is 10.4. The van der Waals surface area contributed by atoms with E-state index in [1.165, 1.54) is 0 Å². The molecule has 0 amide bonds. The summed E-state index contributed by atoms with van der Waals surface area (Å²) in [7, 11) is 0. The van der Waals surface area contributed by atoms with E-state index in [1.807, 2.05) is 109 Å². The van der Waals surface area contributed by atoms with E-state index >= 15 is 0 Å². The van der Waals surface area contributed by atoms with E-state index in [4.69, 9.17) is 21.5 Å². The van der Waals surface area contributed by atoms with Crippen molar-refractivity contribution in [2.75, 3.05) is 0 Å². The van der Waals surface area contributed by atoms with E-state index < -0.39 is 0 Å². The molecule has 0 spiro atoms. The number of hydrogen-bond acceptors (Lipinski definition) is 5. The Morgan fingerprint density at radius 2 is 0.612 bits per heavy atom. The normalized spacial score (nSPS) is 11.2. The summed E-state index contributed by atoms with van der Waals surface area (Å²) < 4.78 is 4.69. The van der Waals surface area contributed by atoms with Gasteiger partial charge in [-0.2, -0.15) is 10.5 Å². The molecular formula is C90H54N8. The fourth-order valence-corrected chi connectivity index (χ4v) is 13.9. The second kappa shape index (κ2) is 24.6. The molecule has 0 bridgehead atoms. The van der Waals surface area contributed by atoms with E-state index in [2.05, 4.69) is 245 Å². The molecule has 14 aromatic carbocycles. The molecule has 0 unspecified atom stereocenters. The van der Waals surface area contributed by atoms with E-state index in [0.717, 1.165) is 150 Å². The highest BCUT2D eigenvalue weighted by atomic mass is 15.0. The van der Waals surface area contributed by atoms with Gasteiger partial charge in [0.15, 0.2) is 23.2 Å². The Balaban J connectivity index is 0.922. The molecule has 0 atom stereocenters. The summed E-state index contributed by atoms with van der Waals surface area (Å²) in [6, 6.07) is 118. The Morgan fingerprint density at radius 3 is 1.03 bits per heavy atom. The highest BCUT2D eigenvalue weighted by molar-refractivity contribution is 6.14. The average Bonchev–Trinajstić information content (AvgIpc) is 1.35. The van der Waals surface area contributed by atoms with Crippen LogP contribution < -0.4 is 0 Å². The lowest BCUT2D eigenvalue weighted by Crippen LogP contribution is -2.03. The zero-order chi connectivity index (χ0) is 65.6. The van der Waals surface area contributed by atoms with Crippen molar-refractivity contribution in [3.05, 3.63) is 350 Å². The fraction of sp³-hybridized carbons (Fsp3) is 0. The Bertz CT molecular complexity index is 5630. The quantitative estimate of drug-likeness (QED) is 0.113. The smallest absolute Gasteiger partial charge is 0.187 e. The number of nitrogens with zero attached hydrogens (tertiary/aromatic N) is 8. The molecule has 17 aromatic rings. The van der Waals surface area contributed by atoms with Gasteiger partial charge in [-0.25, -0.2) is 19.8 Å². The molecule has 0 aliphatic rings. The van der Waals surface area contributed by atoms with Crippen LogP contribution in [0.2, 0.25) is 0 Å².